The van der Waals surface area contributed by atoms with Crippen molar-refractivity contribution in [3.05, 3.63) is 58.0 Å². The first-order valence-electron chi connectivity index (χ1n) is 8.02. The molecule has 0 saturated heterocycles. The van der Waals surface area contributed by atoms with E-state index < -0.39 is 0 Å². The molecule has 0 amide bonds. The summed E-state index contributed by atoms with van der Waals surface area (Å²) >= 11 is 1.72. The van der Waals surface area contributed by atoms with Gasteiger partial charge in [-0.25, -0.2) is 9.38 Å². The van der Waals surface area contributed by atoms with Gasteiger partial charge in [0.05, 0.1) is 6.54 Å². The molecule has 1 heterocycles. The van der Waals surface area contributed by atoms with Gasteiger partial charge in [0.2, 0.25) is 0 Å². The van der Waals surface area contributed by atoms with Crippen molar-refractivity contribution in [3.63, 3.8) is 0 Å². The Kier molecular flexibility index (Phi) is 4.96. The third kappa shape index (κ3) is 4.10. The van der Waals surface area contributed by atoms with Gasteiger partial charge in [0.25, 0.3) is 0 Å². The lowest BCUT2D eigenvalue weighted by Crippen LogP contribution is -2.41. The van der Waals surface area contributed by atoms with Crippen LogP contribution in [0.2, 0.25) is 0 Å². The van der Waals surface area contributed by atoms with Crippen molar-refractivity contribution in [1.82, 2.24) is 10.6 Å². The Hall–Kier alpha value is -1.88. The summed E-state index contributed by atoms with van der Waals surface area (Å²) in [6, 6.07) is 11.0. The zero-order valence-electron chi connectivity index (χ0n) is 13.3. The fourth-order valence-corrected chi connectivity index (χ4v) is 3.30. The number of benzene rings is 1. The highest BCUT2D eigenvalue weighted by atomic mass is 32.1. The molecule has 5 heteroatoms. The van der Waals surface area contributed by atoms with Crippen molar-refractivity contribution in [1.29, 1.82) is 0 Å². The molecule has 23 heavy (non-hydrogen) atoms. The highest BCUT2D eigenvalue weighted by Crippen LogP contribution is 2.47. The lowest BCUT2D eigenvalue weighted by molar-refractivity contribution is 0.617. The number of hydrogen-bond donors (Lipinski definition) is 2. The molecule has 0 radical (unpaired) electrons. The number of nitrogens with zero attached hydrogens (tertiary/aromatic N) is 1. The van der Waals surface area contributed by atoms with E-state index in [1.807, 2.05) is 18.2 Å². The number of rotatable bonds is 6. The first-order chi connectivity index (χ1) is 11.2. The predicted molar refractivity (Wildman–Crippen MR) is 94.4 cm³/mol. The molecule has 3 rings (SSSR count). The molecule has 3 nitrogen and oxygen atoms in total. The van der Waals surface area contributed by atoms with Crippen LogP contribution in [0.3, 0.4) is 0 Å². The van der Waals surface area contributed by atoms with Crippen LogP contribution in [0.25, 0.3) is 0 Å². The van der Waals surface area contributed by atoms with E-state index in [1.54, 1.807) is 23.5 Å². The van der Waals surface area contributed by atoms with Gasteiger partial charge in [-0.15, -0.1) is 11.3 Å². The van der Waals surface area contributed by atoms with Crippen molar-refractivity contribution in [2.24, 2.45) is 4.99 Å². The summed E-state index contributed by atoms with van der Waals surface area (Å²) in [7, 11) is 0. The number of thiophene rings is 1. The fourth-order valence-electron chi connectivity index (χ4n) is 2.68. The third-order valence-corrected chi connectivity index (χ3v) is 5.08. The van der Waals surface area contributed by atoms with E-state index in [1.165, 1.54) is 10.4 Å². The van der Waals surface area contributed by atoms with Crippen molar-refractivity contribution < 1.29 is 4.39 Å². The maximum Gasteiger partial charge on any atom is 0.191 e. The number of aliphatic imine (C=N–C) groups is 1. The number of halogens is 1. The zero-order chi connectivity index (χ0) is 16.1. The molecule has 1 fully saturated rings. The largest absolute Gasteiger partial charge is 0.357 e. The average molecular weight is 331 g/mol. The summed E-state index contributed by atoms with van der Waals surface area (Å²) in [5.41, 5.74) is 1.34. The second-order valence-corrected chi connectivity index (χ2v) is 6.95. The van der Waals surface area contributed by atoms with E-state index in [0.29, 0.717) is 6.54 Å². The second-order valence-electron chi connectivity index (χ2n) is 5.92. The normalized spacial score (nSPS) is 16.2. The van der Waals surface area contributed by atoms with Gasteiger partial charge >= 0.3 is 0 Å². The smallest absolute Gasteiger partial charge is 0.191 e. The van der Waals surface area contributed by atoms with Gasteiger partial charge in [0.1, 0.15) is 5.82 Å². The standard InChI is InChI=1S/C18H22FN3S/c1-2-20-17(21-12-16-4-3-11-23-16)22-13-18(9-10-18)14-5-7-15(19)8-6-14/h3-8,11H,2,9-10,12-13H2,1H3,(H2,20,21,22). The van der Waals surface area contributed by atoms with Gasteiger partial charge in [-0.2, -0.15) is 0 Å². The topological polar surface area (TPSA) is 36.4 Å². The van der Waals surface area contributed by atoms with Gasteiger partial charge in [-0.3, -0.25) is 0 Å². The summed E-state index contributed by atoms with van der Waals surface area (Å²) in [6.07, 6.45) is 2.27. The molecule has 2 N–H and O–H groups in total. The van der Waals surface area contributed by atoms with Crippen molar-refractivity contribution in [2.45, 2.75) is 31.7 Å². The maximum atomic E-state index is 13.1. The molecule has 1 aromatic heterocycles. The first kappa shape index (κ1) is 16.0. The molecule has 1 saturated carbocycles. The Morgan fingerprint density at radius 3 is 2.61 bits per heavy atom. The van der Waals surface area contributed by atoms with E-state index in [9.17, 15) is 4.39 Å². The molecule has 122 valence electrons. The Labute approximate surface area is 140 Å². The number of guanidine groups is 1. The molecule has 0 aliphatic heterocycles. The van der Waals surface area contributed by atoms with Gasteiger partial charge in [-0.05, 0) is 48.9 Å². The van der Waals surface area contributed by atoms with Crippen LogP contribution < -0.4 is 10.6 Å². The molecule has 0 atom stereocenters. The van der Waals surface area contributed by atoms with E-state index in [2.05, 4.69) is 34.0 Å². The minimum Gasteiger partial charge on any atom is -0.357 e. The molecule has 0 bridgehead atoms. The highest BCUT2D eigenvalue weighted by molar-refractivity contribution is 7.09. The van der Waals surface area contributed by atoms with Crippen LogP contribution in [0.5, 0.6) is 0 Å². The van der Waals surface area contributed by atoms with Gasteiger partial charge < -0.3 is 10.6 Å². The summed E-state index contributed by atoms with van der Waals surface area (Å²) < 4.78 is 13.1. The fraction of sp³-hybridized carbons (Fsp3) is 0.389. The van der Waals surface area contributed by atoms with Crippen molar-refractivity contribution >= 4 is 17.3 Å². The quantitative estimate of drug-likeness (QED) is 0.626. The Balaban J connectivity index is 1.62. The first-order valence-corrected chi connectivity index (χ1v) is 8.90. The number of nitrogens with one attached hydrogen (secondary N) is 2. The lowest BCUT2D eigenvalue weighted by Gasteiger charge is -2.19. The van der Waals surface area contributed by atoms with Crippen LogP contribution in [0, 0.1) is 5.82 Å². The summed E-state index contributed by atoms with van der Waals surface area (Å²) in [5.74, 6) is 0.664. The van der Waals surface area contributed by atoms with Crippen LogP contribution in [-0.4, -0.2) is 19.0 Å². The van der Waals surface area contributed by atoms with E-state index in [-0.39, 0.29) is 11.2 Å². The molecule has 1 aliphatic rings. The van der Waals surface area contributed by atoms with Crippen LogP contribution in [0.1, 0.15) is 30.2 Å². The molecule has 0 unspecified atom stereocenters. The van der Waals surface area contributed by atoms with Crippen molar-refractivity contribution in [2.75, 3.05) is 13.1 Å². The van der Waals surface area contributed by atoms with Gasteiger partial charge in [0.15, 0.2) is 5.96 Å². The van der Waals surface area contributed by atoms with Gasteiger partial charge in [0, 0.05) is 23.4 Å². The Morgan fingerprint density at radius 1 is 1.22 bits per heavy atom. The summed E-state index contributed by atoms with van der Waals surface area (Å²) in [6.45, 7) is 4.42. The SMILES string of the molecule is CCNC(=NCc1cccs1)NCC1(c2ccc(F)cc2)CC1. The highest BCUT2D eigenvalue weighted by Gasteiger charge is 2.44. The van der Waals surface area contributed by atoms with E-state index in [4.69, 9.17) is 0 Å². The summed E-state index contributed by atoms with van der Waals surface area (Å²) in [5, 5.41) is 8.81. The molecular weight excluding hydrogens is 309 g/mol. The minimum atomic E-state index is -0.177. The predicted octanol–water partition coefficient (Wildman–Crippen LogP) is 3.67. The van der Waals surface area contributed by atoms with Crippen LogP contribution in [0.15, 0.2) is 46.8 Å². The van der Waals surface area contributed by atoms with E-state index in [0.717, 1.165) is 31.9 Å². The Morgan fingerprint density at radius 2 is 2.00 bits per heavy atom. The second kappa shape index (κ2) is 7.13. The van der Waals surface area contributed by atoms with Crippen LogP contribution >= 0.6 is 11.3 Å². The molecule has 1 aromatic carbocycles. The lowest BCUT2D eigenvalue weighted by atomic mass is 9.96. The molecular formula is C18H22FN3S. The zero-order valence-corrected chi connectivity index (χ0v) is 14.1. The third-order valence-electron chi connectivity index (χ3n) is 4.22. The van der Waals surface area contributed by atoms with Crippen molar-refractivity contribution in [3.8, 4) is 0 Å². The van der Waals surface area contributed by atoms with E-state index >= 15 is 0 Å². The van der Waals surface area contributed by atoms with Crippen LogP contribution in [-0.2, 0) is 12.0 Å². The minimum absolute atomic E-state index is 0.132. The molecule has 2 aromatic rings. The number of hydrogen-bond acceptors (Lipinski definition) is 2. The molecule has 1 aliphatic carbocycles. The monoisotopic (exact) mass is 331 g/mol. The summed E-state index contributed by atoms with van der Waals surface area (Å²) in [4.78, 5) is 5.89. The Bertz CT molecular complexity index is 645. The average Bonchev–Trinajstić information content (AvgIpc) is 3.16. The van der Waals surface area contributed by atoms with Gasteiger partial charge in [-0.1, -0.05) is 18.2 Å². The maximum absolute atomic E-state index is 13.1. The molecule has 0 spiro atoms. The van der Waals surface area contributed by atoms with Crippen LogP contribution in [0.4, 0.5) is 4.39 Å².